The highest BCUT2D eigenvalue weighted by molar-refractivity contribution is 5.64. The molecular weight excluding hydrogens is 431 g/mol. The summed E-state index contributed by atoms with van der Waals surface area (Å²) in [5.41, 5.74) is 1.78. The highest BCUT2D eigenvalue weighted by Crippen LogP contribution is 2.39. The van der Waals surface area contributed by atoms with Crippen molar-refractivity contribution in [2.24, 2.45) is 0 Å². The quantitative estimate of drug-likeness (QED) is 0.345. The van der Waals surface area contributed by atoms with Gasteiger partial charge in [-0.25, -0.2) is 13.2 Å². The van der Waals surface area contributed by atoms with Gasteiger partial charge in [-0.2, -0.15) is 20.1 Å². The molecule has 3 N–H and O–H groups in total. The van der Waals surface area contributed by atoms with Crippen molar-refractivity contribution < 1.29 is 13.2 Å². The van der Waals surface area contributed by atoms with Crippen LogP contribution in [-0.2, 0) is 0 Å². The van der Waals surface area contributed by atoms with Crippen LogP contribution in [0.15, 0.2) is 48.5 Å². The number of halogens is 3. The lowest BCUT2D eigenvalue weighted by Gasteiger charge is -2.16. The molecule has 0 bridgehead atoms. The SMILES string of the molecule is CC(Nc1nc(Nc2cc(-c3ccc(F)cc3)[nH]n2)nc(C2CC2)n1)c1ccc(F)cc1F. The second-order valence-corrected chi connectivity index (χ2v) is 7.95. The summed E-state index contributed by atoms with van der Waals surface area (Å²) < 4.78 is 40.6. The molecule has 5 rings (SSSR count). The van der Waals surface area contributed by atoms with E-state index in [-0.39, 0.29) is 17.7 Å². The number of aromatic amines is 1. The first kappa shape index (κ1) is 20.9. The third-order valence-electron chi connectivity index (χ3n) is 5.34. The molecule has 2 aromatic heterocycles. The molecule has 1 aliphatic rings. The zero-order chi connectivity index (χ0) is 22.9. The number of rotatable bonds is 7. The number of nitrogens with zero attached hydrogens (tertiary/aromatic N) is 4. The summed E-state index contributed by atoms with van der Waals surface area (Å²) in [5.74, 6) is 0.338. The smallest absolute Gasteiger partial charge is 0.233 e. The van der Waals surface area contributed by atoms with Crippen LogP contribution in [0.4, 0.5) is 30.9 Å². The van der Waals surface area contributed by atoms with Crippen molar-refractivity contribution in [1.82, 2.24) is 25.1 Å². The van der Waals surface area contributed by atoms with Crippen LogP contribution in [0.5, 0.6) is 0 Å². The maximum absolute atomic E-state index is 14.2. The lowest BCUT2D eigenvalue weighted by molar-refractivity contribution is 0.566. The number of hydrogen-bond acceptors (Lipinski definition) is 6. The molecule has 1 aliphatic carbocycles. The molecule has 4 aromatic rings. The molecule has 0 aliphatic heterocycles. The van der Waals surface area contributed by atoms with Crippen molar-refractivity contribution in [1.29, 1.82) is 0 Å². The van der Waals surface area contributed by atoms with E-state index < -0.39 is 17.7 Å². The normalized spacial score (nSPS) is 14.2. The number of H-pyrrole nitrogens is 1. The average Bonchev–Trinajstić information content (AvgIpc) is 3.53. The number of benzene rings is 2. The Bertz CT molecular complexity index is 1290. The first-order chi connectivity index (χ1) is 15.9. The highest BCUT2D eigenvalue weighted by atomic mass is 19.1. The molecule has 0 amide bonds. The highest BCUT2D eigenvalue weighted by Gasteiger charge is 2.28. The predicted octanol–water partition coefficient (Wildman–Crippen LogP) is 5.47. The van der Waals surface area contributed by atoms with E-state index in [9.17, 15) is 13.2 Å². The van der Waals surface area contributed by atoms with Gasteiger partial charge in [-0.05, 0) is 55.7 Å². The van der Waals surface area contributed by atoms with Crippen molar-refractivity contribution in [3.05, 3.63) is 77.4 Å². The van der Waals surface area contributed by atoms with Crippen LogP contribution in [0.3, 0.4) is 0 Å². The van der Waals surface area contributed by atoms with Gasteiger partial charge in [0.15, 0.2) is 5.82 Å². The van der Waals surface area contributed by atoms with E-state index in [1.807, 2.05) is 0 Å². The minimum absolute atomic E-state index is 0.251. The van der Waals surface area contributed by atoms with Crippen molar-refractivity contribution in [3.8, 4) is 11.3 Å². The fourth-order valence-electron chi connectivity index (χ4n) is 3.44. The zero-order valence-corrected chi connectivity index (χ0v) is 17.6. The number of hydrogen-bond donors (Lipinski definition) is 3. The first-order valence-electron chi connectivity index (χ1n) is 10.5. The number of nitrogens with one attached hydrogen (secondary N) is 3. The second kappa shape index (κ2) is 8.53. The molecule has 33 heavy (non-hydrogen) atoms. The summed E-state index contributed by atoms with van der Waals surface area (Å²) in [6, 6.07) is 10.8. The topological polar surface area (TPSA) is 91.4 Å². The standard InChI is InChI=1S/C23H20F3N7/c1-12(17-9-8-16(25)10-18(17)26)27-22-29-21(14-2-3-14)30-23(31-22)28-20-11-19(32-33-20)13-4-6-15(24)7-5-13/h4-12,14H,2-3H2,1H3,(H3,27,28,29,30,31,32,33). The molecule has 2 aromatic carbocycles. The maximum atomic E-state index is 14.2. The van der Waals surface area contributed by atoms with Gasteiger partial charge in [0.1, 0.15) is 23.3 Å². The predicted molar refractivity (Wildman–Crippen MR) is 117 cm³/mol. The molecular formula is C23H20F3N7. The molecule has 2 heterocycles. The summed E-state index contributed by atoms with van der Waals surface area (Å²) in [7, 11) is 0. The summed E-state index contributed by atoms with van der Waals surface area (Å²) in [6.07, 6.45) is 1.98. The Morgan fingerprint density at radius 2 is 1.64 bits per heavy atom. The Balaban J connectivity index is 1.37. The minimum atomic E-state index is -0.644. The van der Waals surface area contributed by atoms with Crippen LogP contribution in [0.1, 0.15) is 43.1 Å². The van der Waals surface area contributed by atoms with Gasteiger partial charge in [-0.1, -0.05) is 6.07 Å². The van der Waals surface area contributed by atoms with Crippen molar-refractivity contribution in [3.63, 3.8) is 0 Å². The minimum Gasteiger partial charge on any atom is -0.347 e. The third kappa shape index (κ3) is 4.79. The van der Waals surface area contributed by atoms with Crippen LogP contribution in [0.2, 0.25) is 0 Å². The van der Waals surface area contributed by atoms with Crippen LogP contribution in [0, 0.1) is 17.5 Å². The molecule has 1 fully saturated rings. The fraction of sp³-hybridized carbons (Fsp3) is 0.217. The summed E-state index contributed by atoms with van der Waals surface area (Å²) >= 11 is 0. The lowest BCUT2D eigenvalue weighted by atomic mass is 10.1. The van der Waals surface area contributed by atoms with Crippen LogP contribution in [0.25, 0.3) is 11.3 Å². The van der Waals surface area contributed by atoms with Gasteiger partial charge in [0.2, 0.25) is 11.9 Å². The maximum Gasteiger partial charge on any atom is 0.233 e. The van der Waals surface area contributed by atoms with E-state index in [0.29, 0.717) is 28.8 Å². The van der Waals surface area contributed by atoms with Crippen molar-refractivity contribution in [2.45, 2.75) is 31.7 Å². The molecule has 1 unspecified atom stereocenters. The van der Waals surface area contributed by atoms with E-state index in [2.05, 4.69) is 35.8 Å². The van der Waals surface area contributed by atoms with Crippen molar-refractivity contribution >= 4 is 17.7 Å². The van der Waals surface area contributed by atoms with Gasteiger partial charge in [0.05, 0.1) is 11.7 Å². The van der Waals surface area contributed by atoms with Gasteiger partial charge in [0, 0.05) is 23.6 Å². The Hall–Kier alpha value is -3.95. The molecule has 0 radical (unpaired) electrons. The molecule has 1 saturated carbocycles. The van der Waals surface area contributed by atoms with Gasteiger partial charge < -0.3 is 10.6 Å². The molecule has 0 spiro atoms. The summed E-state index contributed by atoms with van der Waals surface area (Å²) in [6.45, 7) is 1.74. The van der Waals surface area contributed by atoms with Gasteiger partial charge in [-0.3, -0.25) is 5.10 Å². The van der Waals surface area contributed by atoms with Crippen LogP contribution >= 0.6 is 0 Å². The largest absolute Gasteiger partial charge is 0.347 e. The van der Waals surface area contributed by atoms with Gasteiger partial charge in [0.25, 0.3) is 0 Å². The second-order valence-electron chi connectivity index (χ2n) is 7.95. The molecule has 10 heteroatoms. The number of aromatic nitrogens is 5. The molecule has 7 nitrogen and oxygen atoms in total. The average molecular weight is 451 g/mol. The van der Waals surface area contributed by atoms with Gasteiger partial charge >= 0.3 is 0 Å². The van der Waals surface area contributed by atoms with E-state index in [0.717, 1.165) is 24.5 Å². The summed E-state index contributed by atoms with van der Waals surface area (Å²) in [4.78, 5) is 13.4. The molecule has 1 atom stereocenters. The first-order valence-corrected chi connectivity index (χ1v) is 10.5. The van der Waals surface area contributed by atoms with E-state index in [1.165, 1.54) is 24.3 Å². The molecule has 0 saturated heterocycles. The summed E-state index contributed by atoms with van der Waals surface area (Å²) in [5, 5.41) is 13.3. The zero-order valence-electron chi connectivity index (χ0n) is 17.6. The Kier molecular flexibility index (Phi) is 5.41. The molecule has 168 valence electrons. The Labute approximate surface area is 187 Å². The van der Waals surface area contributed by atoms with E-state index in [4.69, 9.17) is 0 Å². The fourth-order valence-corrected chi connectivity index (χ4v) is 3.44. The Morgan fingerprint density at radius 3 is 2.36 bits per heavy atom. The van der Waals surface area contributed by atoms with E-state index >= 15 is 0 Å². The van der Waals surface area contributed by atoms with Gasteiger partial charge in [-0.15, -0.1) is 0 Å². The Morgan fingerprint density at radius 1 is 0.909 bits per heavy atom. The number of anilines is 3. The third-order valence-corrected chi connectivity index (χ3v) is 5.34. The van der Waals surface area contributed by atoms with Crippen LogP contribution in [-0.4, -0.2) is 25.1 Å². The lowest BCUT2D eigenvalue weighted by Crippen LogP contribution is -2.14. The van der Waals surface area contributed by atoms with E-state index in [1.54, 1.807) is 25.1 Å². The monoisotopic (exact) mass is 451 g/mol. The van der Waals surface area contributed by atoms with Crippen molar-refractivity contribution in [2.75, 3.05) is 10.6 Å². The van der Waals surface area contributed by atoms with Crippen LogP contribution < -0.4 is 10.6 Å².